The third kappa shape index (κ3) is 2.87. The lowest BCUT2D eigenvalue weighted by molar-refractivity contribution is -0.138. The highest BCUT2D eigenvalue weighted by Gasteiger charge is 2.36. The van der Waals surface area contributed by atoms with Gasteiger partial charge >= 0.3 is 5.97 Å². The molecule has 0 radical (unpaired) electrons. The van der Waals surface area contributed by atoms with E-state index in [0.717, 1.165) is 4.88 Å². The molecule has 1 aliphatic rings. The Morgan fingerprint density at radius 3 is 2.92 bits per heavy atom. The van der Waals surface area contributed by atoms with Crippen molar-refractivity contribution in [2.45, 2.75) is 24.9 Å². The summed E-state index contributed by atoms with van der Waals surface area (Å²) in [7, 11) is 0. The van der Waals surface area contributed by atoms with Crippen molar-refractivity contribution in [2.75, 3.05) is 18.2 Å². The topological polar surface area (TPSA) is 84.1 Å². The molecule has 0 fully saturated rings. The van der Waals surface area contributed by atoms with Crippen LogP contribution in [-0.4, -0.2) is 28.8 Å². The monoisotopic (exact) mass is 363 g/mol. The molecule has 6 nitrogen and oxygen atoms in total. The van der Waals surface area contributed by atoms with E-state index < -0.39 is 11.9 Å². The molecule has 8 heteroatoms. The van der Waals surface area contributed by atoms with Crippen LogP contribution in [0.1, 0.15) is 30.2 Å². The number of nitrogens with zero attached hydrogens (tertiary/aromatic N) is 1. The number of hydrogen-bond acceptors (Lipinski definition) is 7. The summed E-state index contributed by atoms with van der Waals surface area (Å²) in [5, 5.41) is 5.55. The second kappa shape index (κ2) is 6.82. The summed E-state index contributed by atoms with van der Waals surface area (Å²) in [5.41, 5.74) is 1.31. The summed E-state index contributed by atoms with van der Waals surface area (Å²) in [6.07, 6.45) is 1.84. The first-order valence-electron chi connectivity index (χ1n) is 7.43. The maximum absolute atomic E-state index is 12.7. The fourth-order valence-electron chi connectivity index (χ4n) is 2.75. The van der Waals surface area contributed by atoms with Crippen LogP contribution in [0, 0.1) is 0 Å². The number of esters is 1. The van der Waals surface area contributed by atoms with Gasteiger partial charge in [0.05, 0.1) is 23.7 Å². The number of allylic oxidation sites excluding steroid dienone is 1. The molecule has 3 rings (SSSR count). The van der Waals surface area contributed by atoms with Crippen LogP contribution in [0.15, 0.2) is 38.7 Å². The van der Waals surface area contributed by atoms with Crippen LogP contribution < -0.4 is 10.9 Å². The molecule has 0 saturated carbocycles. The van der Waals surface area contributed by atoms with Crippen LogP contribution >= 0.6 is 23.1 Å². The summed E-state index contributed by atoms with van der Waals surface area (Å²) >= 11 is 2.86. The molecular weight excluding hydrogens is 346 g/mol. The number of fused-ring (bicyclic) bond motifs is 1. The van der Waals surface area contributed by atoms with E-state index in [1.807, 2.05) is 23.8 Å². The van der Waals surface area contributed by atoms with E-state index in [1.54, 1.807) is 13.8 Å². The van der Waals surface area contributed by atoms with Crippen molar-refractivity contribution in [1.29, 1.82) is 0 Å². The summed E-state index contributed by atoms with van der Waals surface area (Å²) in [6.45, 7) is 3.84. The molecule has 1 atom stereocenters. The molecule has 24 heavy (non-hydrogen) atoms. The Bertz CT molecular complexity index is 856. The van der Waals surface area contributed by atoms with Gasteiger partial charge in [-0.2, -0.15) is 0 Å². The Morgan fingerprint density at radius 2 is 2.29 bits per heavy atom. The number of thiophene rings is 1. The van der Waals surface area contributed by atoms with Crippen molar-refractivity contribution in [2.24, 2.45) is 0 Å². The highest BCUT2D eigenvalue weighted by Crippen LogP contribution is 2.41. The smallest absolute Gasteiger partial charge is 0.336 e. The van der Waals surface area contributed by atoms with Crippen molar-refractivity contribution < 1.29 is 9.53 Å². The standard InChI is InChI=1S/C16H17N3O3S2/c1-4-22-15(21)10-8(2)17-13-12(11(10)9-6-5-7-24-9)14(20)19-16(18-13)23-3/h5-7,11H,4H2,1-3H3,(H2,17,18,19,20)/t11-/m1/s1. The number of aromatic amines is 1. The van der Waals surface area contributed by atoms with E-state index in [1.165, 1.54) is 23.1 Å². The number of ether oxygens (including phenoxy) is 1. The molecule has 126 valence electrons. The summed E-state index contributed by atoms with van der Waals surface area (Å²) in [6, 6.07) is 3.82. The van der Waals surface area contributed by atoms with Gasteiger partial charge in [0.2, 0.25) is 0 Å². The van der Waals surface area contributed by atoms with Crippen molar-refractivity contribution in [3.63, 3.8) is 0 Å². The van der Waals surface area contributed by atoms with Crippen LogP contribution in [-0.2, 0) is 9.53 Å². The van der Waals surface area contributed by atoms with Gasteiger partial charge in [-0.3, -0.25) is 4.79 Å². The molecule has 0 bridgehead atoms. The minimum absolute atomic E-state index is 0.246. The van der Waals surface area contributed by atoms with Gasteiger partial charge in [-0.05, 0) is 31.5 Å². The number of H-pyrrole nitrogens is 1. The molecule has 0 unspecified atom stereocenters. The third-order valence-corrected chi connectivity index (χ3v) is 5.25. The van der Waals surface area contributed by atoms with Crippen molar-refractivity contribution >= 4 is 34.9 Å². The quantitative estimate of drug-likeness (QED) is 0.494. The second-order valence-corrected chi connectivity index (χ2v) is 6.94. The minimum atomic E-state index is -0.479. The zero-order valence-electron chi connectivity index (χ0n) is 13.5. The second-order valence-electron chi connectivity index (χ2n) is 5.17. The zero-order chi connectivity index (χ0) is 17.3. The number of nitrogens with one attached hydrogen (secondary N) is 2. The van der Waals surface area contributed by atoms with Crippen molar-refractivity contribution in [3.8, 4) is 0 Å². The number of carbonyl (C=O) groups is 1. The lowest BCUT2D eigenvalue weighted by Gasteiger charge is -2.27. The predicted molar refractivity (Wildman–Crippen MR) is 95.8 cm³/mol. The van der Waals surface area contributed by atoms with E-state index in [2.05, 4.69) is 15.3 Å². The van der Waals surface area contributed by atoms with Gasteiger partial charge in [0, 0.05) is 10.6 Å². The Balaban J connectivity index is 2.23. The highest BCUT2D eigenvalue weighted by molar-refractivity contribution is 7.98. The fraction of sp³-hybridized carbons (Fsp3) is 0.312. The molecule has 0 amide bonds. The minimum Gasteiger partial charge on any atom is -0.463 e. The Hall–Kier alpha value is -2.06. The number of aromatic nitrogens is 2. The SMILES string of the molecule is CCOC(=O)C1=C(C)Nc2nc(SC)[nH]c(=O)c2[C@@H]1c1cccs1. The van der Waals surface area contributed by atoms with Crippen LogP contribution in [0.25, 0.3) is 0 Å². The predicted octanol–water partition coefficient (Wildman–Crippen LogP) is 2.95. The zero-order valence-corrected chi connectivity index (χ0v) is 15.1. The van der Waals surface area contributed by atoms with Gasteiger partial charge < -0.3 is 15.0 Å². The average molecular weight is 363 g/mol. The molecule has 1 aliphatic heterocycles. The number of rotatable bonds is 4. The van der Waals surface area contributed by atoms with Gasteiger partial charge in [0.1, 0.15) is 5.82 Å². The molecule has 0 saturated heterocycles. The number of hydrogen-bond donors (Lipinski definition) is 2. The van der Waals surface area contributed by atoms with Gasteiger partial charge in [0.25, 0.3) is 5.56 Å². The molecule has 0 aliphatic carbocycles. The van der Waals surface area contributed by atoms with E-state index in [4.69, 9.17) is 4.74 Å². The summed E-state index contributed by atoms with van der Waals surface area (Å²) < 4.78 is 5.21. The van der Waals surface area contributed by atoms with Crippen molar-refractivity contribution in [1.82, 2.24) is 9.97 Å². The first-order valence-corrected chi connectivity index (χ1v) is 9.53. The Morgan fingerprint density at radius 1 is 1.50 bits per heavy atom. The lowest BCUT2D eigenvalue weighted by Crippen LogP contribution is -2.30. The van der Waals surface area contributed by atoms with E-state index in [9.17, 15) is 9.59 Å². The lowest BCUT2D eigenvalue weighted by atomic mass is 9.86. The molecule has 2 aromatic heterocycles. The number of carbonyl (C=O) groups excluding carboxylic acids is 1. The Labute approximate surface area is 147 Å². The summed E-state index contributed by atoms with van der Waals surface area (Å²) in [5.74, 6) is -0.403. The third-order valence-electron chi connectivity index (χ3n) is 3.74. The highest BCUT2D eigenvalue weighted by atomic mass is 32.2. The fourth-order valence-corrected chi connectivity index (χ4v) is 3.97. The molecular formula is C16H17N3O3S2. The van der Waals surface area contributed by atoms with Gasteiger partial charge in [-0.25, -0.2) is 9.78 Å². The van der Waals surface area contributed by atoms with Crippen LogP contribution in [0.4, 0.5) is 5.82 Å². The molecule has 2 aromatic rings. The molecule has 3 heterocycles. The Kier molecular flexibility index (Phi) is 4.77. The normalized spacial score (nSPS) is 16.5. The number of anilines is 1. The summed E-state index contributed by atoms with van der Waals surface area (Å²) in [4.78, 5) is 33.3. The van der Waals surface area contributed by atoms with Crippen LogP contribution in [0.3, 0.4) is 0 Å². The number of thioether (sulfide) groups is 1. The average Bonchev–Trinajstić information content (AvgIpc) is 3.07. The van der Waals surface area contributed by atoms with Gasteiger partial charge in [0.15, 0.2) is 5.16 Å². The van der Waals surface area contributed by atoms with E-state index in [0.29, 0.717) is 27.8 Å². The van der Waals surface area contributed by atoms with E-state index >= 15 is 0 Å². The van der Waals surface area contributed by atoms with Crippen LogP contribution in [0.5, 0.6) is 0 Å². The first-order chi connectivity index (χ1) is 11.6. The largest absolute Gasteiger partial charge is 0.463 e. The first kappa shape index (κ1) is 16.8. The van der Waals surface area contributed by atoms with E-state index in [-0.39, 0.29) is 12.2 Å². The van der Waals surface area contributed by atoms with Crippen molar-refractivity contribution in [3.05, 3.63) is 49.6 Å². The van der Waals surface area contributed by atoms with Gasteiger partial charge in [-0.15, -0.1) is 11.3 Å². The maximum atomic E-state index is 12.7. The van der Waals surface area contributed by atoms with Crippen LogP contribution in [0.2, 0.25) is 0 Å². The molecule has 2 N–H and O–H groups in total. The maximum Gasteiger partial charge on any atom is 0.336 e. The molecule has 0 aromatic carbocycles. The van der Waals surface area contributed by atoms with Gasteiger partial charge in [-0.1, -0.05) is 17.8 Å². The molecule has 0 spiro atoms.